The average molecular weight is 398 g/mol. The number of aromatic nitrogens is 1. The molecule has 6 nitrogen and oxygen atoms in total. The standard InChI is InChI=1S/C21H23N3O3S/c1-21(2,3)14-4-5-15-16(11-22)19(28-17(15)10-14)24-18(25)12-27-20(26)13-6-8-23-9-7-13/h6-9,14H,4-5,10,12H2,1-3H3,(H,24,25). The number of nitrogens with zero attached hydrogens (tertiary/aromatic N) is 2. The zero-order chi connectivity index (χ0) is 20.3. The highest BCUT2D eigenvalue weighted by atomic mass is 32.1. The van der Waals surface area contributed by atoms with Gasteiger partial charge in [0.05, 0.1) is 11.1 Å². The molecule has 0 saturated heterocycles. The fraction of sp³-hybridized carbons (Fsp3) is 0.429. The van der Waals surface area contributed by atoms with Gasteiger partial charge >= 0.3 is 5.97 Å². The van der Waals surface area contributed by atoms with Crippen molar-refractivity contribution in [2.24, 2.45) is 11.3 Å². The summed E-state index contributed by atoms with van der Waals surface area (Å²) in [7, 11) is 0. The van der Waals surface area contributed by atoms with E-state index in [1.807, 2.05) is 0 Å². The van der Waals surface area contributed by atoms with Crippen LogP contribution in [0.25, 0.3) is 0 Å². The first-order chi connectivity index (χ1) is 13.3. The highest BCUT2D eigenvalue weighted by Crippen LogP contribution is 2.43. The maximum Gasteiger partial charge on any atom is 0.338 e. The smallest absolute Gasteiger partial charge is 0.338 e. The topological polar surface area (TPSA) is 92.1 Å². The molecule has 146 valence electrons. The van der Waals surface area contributed by atoms with Crippen LogP contribution >= 0.6 is 11.3 Å². The summed E-state index contributed by atoms with van der Waals surface area (Å²) in [5.74, 6) is -0.489. The molecule has 1 aliphatic rings. The maximum absolute atomic E-state index is 12.2. The third kappa shape index (κ3) is 4.39. The van der Waals surface area contributed by atoms with Gasteiger partial charge in [0.2, 0.25) is 0 Å². The number of esters is 1. The maximum atomic E-state index is 12.2. The molecular weight excluding hydrogens is 374 g/mol. The number of hydrogen-bond acceptors (Lipinski definition) is 6. The minimum Gasteiger partial charge on any atom is -0.452 e. The van der Waals surface area contributed by atoms with E-state index >= 15 is 0 Å². The van der Waals surface area contributed by atoms with Gasteiger partial charge in [0.15, 0.2) is 6.61 Å². The Balaban J connectivity index is 1.66. The van der Waals surface area contributed by atoms with Crippen molar-refractivity contribution in [1.29, 1.82) is 5.26 Å². The molecule has 0 aromatic carbocycles. The van der Waals surface area contributed by atoms with Crippen molar-refractivity contribution in [3.63, 3.8) is 0 Å². The summed E-state index contributed by atoms with van der Waals surface area (Å²) in [5, 5.41) is 12.9. The van der Waals surface area contributed by atoms with Crippen molar-refractivity contribution < 1.29 is 14.3 Å². The lowest BCUT2D eigenvalue weighted by Crippen LogP contribution is -2.26. The minimum absolute atomic E-state index is 0.207. The number of hydrogen-bond donors (Lipinski definition) is 1. The number of amides is 1. The van der Waals surface area contributed by atoms with Gasteiger partial charge < -0.3 is 10.1 Å². The molecule has 0 radical (unpaired) electrons. The number of pyridine rings is 1. The Kier molecular flexibility index (Phi) is 5.80. The fourth-order valence-electron chi connectivity index (χ4n) is 3.40. The SMILES string of the molecule is CC(C)(C)C1CCc2c(sc(NC(=O)COC(=O)c3ccncc3)c2C#N)C1. The molecule has 1 aliphatic carbocycles. The van der Waals surface area contributed by atoms with E-state index in [1.165, 1.54) is 40.7 Å². The lowest BCUT2D eigenvalue weighted by molar-refractivity contribution is -0.119. The van der Waals surface area contributed by atoms with Gasteiger partial charge in [0, 0.05) is 17.3 Å². The Morgan fingerprint density at radius 2 is 2.07 bits per heavy atom. The molecule has 0 fully saturated rings. The lowest BCUT2D eigenvalue weighted by atomic mass is 9.72. The predicted octanol–water partition coefficient (Wildman–Crippen LogP) is 3.96. The quantitative estimate of drug-likeness (QED) is 0.789. The third-order valence-electron chi connectivity index (χ3n) is 5.11. The van der Waals surface area contributed by atoms with E-state index in [4.69, 9.17) is 4.74 Å². The third-order valence-corrected chi connectivity index (χ3v) is 6.27. The predicted molar refractivity (Wildman–Crippen MR) is 107 cm³/mol. The summed E-state index contributed by atoms with van der Waals surface area (Å²) in [6.07, 6.45) is 5.78. The van der Waals surface area contributed by atoms with Crippen molar-refractivity contribution in [2.75, 3.05) is 11.9 Å². The van der Waals surface area contributed by atoms with Gasteiger partial charge in [-0.25, -0.2) is 4.79 Å². The van der Waals surface area contributed by atoms with Crippen LogP contribution in [0.2, 0.25) is 0 Å². The van der Waals surface area contributed by atoms with Crippen LogP contribution in [0.15, 0.2) is 24.5 Å². The zero-order valence-corrected chi connectivity index (χ0v) is 17.1. The van der Waals surface area contributed by atoms with Gasteiger partial charge in [0.1, 0.15) is 11.1 Å². The second-order valence-corrected chi connectivity index (χ2v) is 9.09. The van der Waals surface area contributed by atoms with Gasteiger partial charge in [-0.05, 0) is 48.3 Å². The van der Waals surface area contributed by atoms with E-state index < -0.39 is 18.5 Å². The molecule has 7 heteroatoms. The largest absolute Gasteiger partial charge is 0.452 e. The van der Waals surface area contributed by atoms with Crippen molar-refractivity contribution in [3.8, 4) is 6.07 Å². The Morgan fingerprint density at radius 3 is 2.71 bits per heavy atom. The number of thiophene rings is 1. The molecule has 0 spiro atoms. The molecule has 1 atom stereocenters. The van der Waals surface area contributed by atoms with Crippen LogP contribution < -0.4 is 5.32 Å². The molecule has 0 aliphatic heterocycles. The van der Waals surface area contributed by atoms with Crippen molar-refractivity contribution in [2.45, 2.75) is 40.0 Å². The van der Waals surface area contributed by atoms with Gasteiger partial charge in [-0.1, -0.05) is 20.8 Å². The fourth-order valence-corrected chi connectivity index (χ4v) is 4.69. The second-order valence-electron chi connectivity index (χ2n) is 7.99. The summed E-state index contributed by atoms with van der Waals surface area (Å²) < 4.78 is 5.04. The number of carbonyl (C=O) groups is 2. The lowest BCUT2D eigenvalue weighted by Gasteiger charge is -2.33. The first kappa shape index (κ1) is 20.0. The van der Waals surface area contributed by atoms with E-state index in [0.717, 1.165) is 24.8 Å². The van der Waals surface area contributed by atoms with Crippen LogP contribution in [0.5, 0.6) is 0 Å². The van der Waals surface area contributed by atoms with Crippen molar-refractivity contribution >= 4 is 28.2 Å². The minimum atomic E-state index is -0.587. The summed E-state index contributed by atoms with van der Waals surface area (Å²) in [6.45, 7) is 6.31. The van der Waals surface area contributed by atoms with E-state index in [1.54, 1.807) is 0 Å². The van der Waals surface area contributed by atoms with Gasteiger partial charge in [-0.2, -0.15) is 5.26 Å². The van der Waals surface area contributed by atoms with E-state index in [0.29, 0.717) is 22.0 Å². The van der Waals surface area contributed by atoms with Crippen LogP contribution in [-0.2, 0) is 22.4 Å². The van der Waals surface area contributed by atoms with Crippen molar-refractivity contribution in [3.05, 3.63) is 46.1 Å². The van der Waals surface area contributed by atoms with Crippen LogP contribution in [-0.4, -0.2) is 23.5 Å². The number of carbonyl (C=O) groups excluding carboxylic acids is 2. The highest BCUT2D eigenvalue weighted by molar-refractivity contribution is 7.16. The number of ether oxygens (including phenoxy) is 1. The van der Waals surface area contributed by atoms with Crippen molar-refractivity contribution in [1.82, 2.24) is 4.98 Å². The summed E-state index contributed by atoms with van der Waals surface area (Å²) in [5.41, 5.74) is 2.14. The molecule has 0 saturated carbocycles. The van der Waals surface area contributed by atoms with Crippen LogP contribution in [0.3, 0.4) is 0 Å². The molecule has 2 aromatic rings. The monoisotopic (exact) mass is 397 g/mol. The molecule has 28 heavy (non-hydrogen) atoms. The molecule has 2 heterocycles. The molecule has 2 aromatic heterocycles. The zero-order valence-electron chi connectivity index (χ0n) is 16.2. The second kappa shape index (κ2) is 8.11. The van der Waals surface area contributed by atoms with E-state index in [9.17, 15) is 14.9 Å². The van der Waals surface area contributed by atoms with Gasteiger partial charge in [-0.15, -0.1) is 11.3 Å². The number of nitrogens with one attached hydrogen (secondary N) is 1. The number of fused-ring (bicyclic) bond motifs is 1. The highest BCUT2D eigenvalue weighted by Gasteiger charge is 2.32. The summed E-state index contributed by atoms with van der Waals surface area (Å²) >= 11 is 1.46. The van der Waals surface area contributed by atoms with E-state index in [2.05, 4.69) is 37.1 Å². The van der Waals surface area contributed by atoms with Crippen LogP contribution in [0, 0.1) is 22.7 Å². The molecule has 3 rings (SSSR count). The number of anilines is 1. The normalized spacial score (nSPS) is 16.0. The molecular formula is C21H23N3O3S. The number of rotatable bonds is 4. The van der Waals surface area contributed by atoms with Gasteiger partial charge in [0.25, 0.3) is 5.91 Å². The molecule has 1 N–H and O–H groups in total. The Hall–Kier alpha value is -2.72. The Morgan fingerprint density at radius 1 is 1.36 bits per heavy atom. The first-order valence-electron chi connectivity index (χ1n) is 9.21. The van der Waals surface area contributed by atoms with Crippen LogP contribution in [0.1, 0.15) is 53.6 Å². The molecule has 1 amide bonds. The van der Waals surface area contributed by atoms with E-state index in [-0.39, 0.29) is 5.41 Å². The summed E-state index contributed by atoms with van der Waals surface area (Å²) in [6, 6.07) is 5.28. The number of nitriles is 1. The Labute approximate surface area is 168 Å². The first-order valence-corrected chi connectivity index (χ1v) is 10.0. The Bertz CT molecular complexity index is 923. The van der Waals surface area contributed by atoms with Gasteiger partial charge in [-0.3, -0.25) is 9.78 Å². The molecule has 0 bridgehead atoms. The average Bonchev–Trinajstić information content (AvgIpc) is 3.02. The molecule has 1 unspecified atom stereocenters. The van der Waals surface area contributed by atoms with Crippen LogP contribution in [0.4, 0.5) is 5.00 Å². The summed E-state index contributed by atoms with van der Waals surface area (Å²) in [4.78, 5) is 29.2.